The Bertz CT molecular complexity index is 1220. The van der Waals surface area contributed by atoms with Crippen molar-refractivity contribution in [1.29, 1.82) is 0 Å². The van der Waals surface area contributed by atoms with Crippen LogP contribution in [0.1, 0.15) is 38.2 Å². The van der Waals surface area contributed by atoms with E-state index in [1.54, 1.807) is 31.2 Å². The van der Waals surface area contributed by atoms with Crippen molar-refractivity contribution in [3.63, 3.8) is 0 Å². The summed E-state index contributed by atoms with van der Waals surface area (Å²) >= 11 is 24.4. The number of amides is 2. The maximum absolute atomic E-state index is 13.6. The first-order valence-corrected chi connectivity index (χ1v) is 14.7. The van der Waals surface area contributed by atoms with E-state index in [-0.39, 0.29) is 39.2 Å². The normalized spacial score (nSPS) is 14.9. The molecule has 3 rings (SSSR count). The van der Waals surface area contributed by atoms with Crippen LogP contribution in [0.5, 0.6) is 0 Å². The van der Waals surface area contributed by atoms with Crippen molar-refractivity contribution in [3.05, 3.63) is 62.1 Å². The topological polar surface area (TPSA) is 86.8 Å². The molecule has 36 heavy (non-hydrogen) atoms. The minimum absolute atomic E-state index is 0.0106. The Morgan fingerprint density at radius 2 is 1.58 bits per heavy atom. The molecule has 0 saturated heterocycles. The van der Waals surface area contributed by atoms with Crippen LogP contribution in [0.15, 0.2) is 36.4 Å². The fraction of sp³-hybridized carbons (Fsp3) is 0.417. The van der Waals surface area contributed by atoms with Crippen molar-refractivity contribution in [2.24, 2.45) is 0 Å². The molecule has 196 valence electrons. The number of benzene rings is 2. The van der Waals surface area contributed by atoms with Gasteiger partial charge in [0, 0.05) is 17.6 Å². The van der Waals surface area contributed by atoms with E-state index in [0.29, 0.717) is 5.02 Å². The first-order chi connectivity index (χ1) is 16.9. The molecule has 1 aliphatic rings. The number of sulfonamides is 1. The SMILES string of the molecule is CC(C(=O)NC1CCCC1)N(Cc1ccc(Cl)cc1)C(=O)CN(c1cc(Cl)c(Cl)cc1Cl)S(C)(=O)=O. The molecule has 2 amide bonds. The maximum atomic E-state index is 13.6. The molecule has 1 aliphatic carbocycles. The number of rotatable bonds is 9. The molecular weight excluding hydrogens is 568 g/mol. The first-order valence-electron chi connectivity index (χ1n) is 11.3. The second-order valence-electron chi connectivity index (χ2n) is 8.80. The van der Waals surface area contributed by atoms with Gasteiger partial charge < -0.3 is 10.2 Å². The Morgan fingerprint density at radius 3 is 2.17 bits per heavy atom. The molecule has 0 radical (unpaired) electrons. The van der Waals surface area contributed by atoms with Gasteiger partial charge in [0.05, 0.1) is 27.0 Å². The standard InChI is InChI=1S/C24H27Cl4N3O4S/c1-15(24(33)29-18-5-3-4-6-18)30(13-16-7-9-17(25)10-8-16)23(32)14-31(36(2,34)35)22-12-20(27)19(26)11-21(22)28/h7-12,15,18H,3-6,13-14H2,1-2H3,(H,29,33). The van der Waals surface area contributed by atoms with Crippen LogP contribution in [0.4, 0.5) is 5.69 Å². The summed E-state index contributed by atoms with van der Waals surface area (Å²) < 4.78 is 26.2. The Labute approximate surface area is 231 Å². The van der Waals surface area contributed by atoms with Crippen LogP contribution in [0.25, 0.3) is 0 Å². The quantitative estimate of drug-likeness (QED) is 0.386. The number of anilines is 1. The highest BCUT2D eigenvalue weighted by atomic mass is 35.5. The minimum atomic E-state index is -3.96. The lowest BCUT2D eigenvalue weighted by molar-refractivity contribution is -0.139. The zero-order valence-corrected chi connectivity index (χ0v) is 23.6. The Kier molecular flexibility index (Phi) is 9.80. The summed E-state index contributed by atoms with van der Waals surface area (Å²) in [6.45, 7) is 1.10. The van der Waals surface area contributed by atoms with Crippen LogP contribution in [-0.2, 0) is 26.2 Å². The van der Waals surface area contributed by atoms with E-state index in [9.17, 15) is 18.0 Å². The van der Waals surface area contributed by atoms with Crippen molar-refractivity contribution in [2.75, 3.05) is 17.1 Å². The molecule has 7 nitrogen and oxygen atoms in total. The average Bonchev–Trinajstić information content (AvgIpc) is 3.31. The van der Waals surface area contributed by atoms with E-state index in [1.807, 2.05) is 0 Å². The van der Waals surface area contributed by atoms with Crippen molar-refractivity contribution in [1.82, 2.24) is 10.2 Å². The number of nitrogens with zero attached hydrogens (tertiary/aromatic N) is 2. The number of carbonyl (C=O) groups excluding carboxylic acids is 2. The lowest BCUT2D eigenvalue weighted by atomic mass is 10.1. The molecule has 0 heterocycles. The molecule has 0 aromatic heterocycles. The van der Waals surface area contributed by atoms with Gasteiger partial charge in [-0.15, -0.1) is 0 Å². The van der Waals surface area contributed by atoms with Crippen LogP contribution in [0.3, 0.4) is 0 Å². The van der Waals surface area contributed by atoms with Gasteiger partial charge in [0.2, 0.25) is 21.8 Å². The lowest BCUT2D eigenvalue weighted by Crippen LogP contribution is -2.52. The van der Waals surface area contributed by atoms with E-state index in [4.69, 9.17) is 46.4 Å². The van der Waals surface area contributed by atoms with E-state index >= 15 is 0 Å². The Hall–Kier alpha value is -1.71. The van der Waals surface area contributed by atoms with Gasteiger partial charge >= 0.3 is 0 Å². The number of hydrogen-bond donors (Lipinski definition) is 1. The lowest BCUT2D eigenvalue weighted by Gasteiger charge is -2.32. The molecule has 12 heteroatoms. The molecule has 0 bridgehead atoms. The summed E-state index contributed by atoms with van der Waals surface area (Å²) in [4.78, 5) is 28.0. The number of halogens is 4. The zero-order chi connectivity index (χ0) is 26.6. The second kappa shape index (κ2) is 12.2. The molecule has 2 aromatic rings. The molecule has 0 spiro atoms. The van der Waals surface area contributed by atoms with Gasteiger partial charge in [0.15, 0.2) is 0 Å². The van der Waals surface area contributed by atoms with Gasteiger partial charge in [-0.2, -0.15) is 0 Å². The number of carbonyl (C=O) groups is 2. The molecular formula is C24H27Cl4N3O4S. The van der Waals surface area contributed by atoms with Crippen molar-refractivity contribution >= 4 is 73.9 Å². The van der Waals surface area contributed by atoms with Crippen LogP contribution in [-0.4, -0.2) is 50.0 Å². The van der Waals surface area contributed by atoms with Crippen LogP contribution < -0.4 is 9.62 Å². The van der Waals surface area contributed by atoms with E-state index < -0.39 is 28.5 Å². The highest BCUT2D eigenvalue weighted by Gasteiger charge is 2.32. The summed E-state index contributed by atoms with van der Waals surface area (Å²) in [5, 5.41) is 3.78. The monoisotopic (exact) mass is 593 g/mol. The van der Waals surface area contributed by atoms with Gasteiger partial charge in [0.1, 0.15) is 12.6 Å². The maximum Gasteiger partial charge on any atom is 0.244 e. The van der Waals surface area contributed by atoms with Gasteiger partial charge in [-0.05, 0) is 49.6 Å². The first kappa shape index (κ1) is 28.9. The molecule has 2 aromatic carbocycles. The van der Waals surface area contributed by atoms with Gasteiger partial charge in [0.25, 0.3) is 0 Å². The van der Waals surface area contributed by atoms with E-state index in [0.717, 1.165) is 41.8 Å². The molecule has 1 N–H and O–H groups in total. The predicted octanol–water partition coefficient (Wildman–Crippen LogP) is 5.54. The number of nitrogens with one attached hydrogen (secondary N) is 1. The number of hydrogen-bond acceptors (Lipinski definition) is 4. The Balaban J connectivity index is 1.92. The van der Waals surface area contributed by atoms with Crippen LogP contribution in [0, 0.1) is 0 Å². The summed E-state index contributed by atoms with van der Waals surface area (Å²) in [7, 11) is -3.96. The van der Waals surface area contributed by atoms with Gasteiger partial charge in [-0.3, -0.25) is 13.9 Å². The van der Waals surface area contributed by atoms with Crippen LogP contribution >= 0.6 is 46.4 Å². The zero-order valence-electron chi connectivity index (χ0n) is 19.8. The molecule has 1 fully saturated rings. The molecule has 1 unspecified atom stereocenters. The smallest absolute Gasteiger partial charge is 0.244 e. The summed E-state index contributed by atoms with van der Waals surface area (Å²) in [6, 6.07) is 8.66. The fourth-order valence-electron chi connectivity index (χ4n) is 4.06. The van der Waals surface area contributed by atoms with Crippen molar-refractivity contribution in [2.45, 2.75) is 51.2 Å². The fourth-order valence-corrected chi connectivity index (χ4v) is 5.73. The molecule has 1 saturated carbocycles. The van der Waals surface area contributed by atoms with E-state index in [2.05, 4.69) is 5.32 Å². The third kappa shape index (κ3) is 7.42. The summed E-state index contributed by atoms with van der Waals surface area (Å²) in [5.41, 5.74) is 0.739. The molecule has 0 aliphatic heterocycles. The molecule has 1 atom stereocenters. The van der Waals surface area contributed by atoms with Crippen molar-refractivity contribution in [3.8, 4) is 0 Å². The summed E-state index contributed by atoms with van der Waals surface area (Å²) in [5.74, 6) is -0.894. The highest BCUT2D eigenvalue weighted by molar-refractivity contribution is 7.92. The third-order valence-corrected chi connectivity index (χ3v) is 8.48. The van der Waals surface area contributed by atoms with Crippen molar-refractivity contribution < 1.29 is 18.0 Å². The van der Waals surface area contributed by atoms with Gasteiger partial charge in [-0.1, -0.05) is 71.4 Å². The predicted molar refractivity (Wildman–Crippen MR) is 146 cm³/mol. The second-order valence-corrected chi connectivity index (χ2v) is 12.4. The summed E-state index contributed by atoms with van der Waals surface area (Å²) in [6.07, 6.45) is 4.82. The minimum Gasteiger partial charge on any atom is -0.352 e. The Morgan fingerprint density at radius 1 is 1.00 bits per heavy atom. The highest BCUT2D eigenvalue weighted by Crippen LogP contribution is 2.35. The third-order valence-electron chi connectivity index (χ3n) is 6.07. The average molecular weight is 595 g/mol. The largest absolute Gasteiger partial charge is 0.352 e. The van der Waals surface area contributed by atoms with E-state index in [1.165, 1.54) is 17.0 Å². The van der Waals surface area contributed by atoms with Gasteiger partial charge in [-0.25, -0.2) is 8.42 Å². The van der Waals surface area contributed by atoms with Crippen LogP contribution in [0.2, 0.25) is 20.1 Å².